The zero-order valence-corrected chi connectivity index (χ0v) is 21.7. The maximum absolute atomic E-state index is 13.3. The van der Waals surface area contributed by atoms with Gasteiger partial charge in [-0.2, -0.15) is 0 Å². The highest BCUT2D eigenvalue weighted by Crippen LogP contribution is 2.28. The molecule has 36 heavy (non-hydrogen) atoms. The Morgan fingerprint density at radius 3 is 2.28 bits per heavy atom. The van der Waals surface area contributed by atoms with Crippen molar-refractivity contribution in [2.45, 2.75) is 36.7 Å². The third-order valence-electron chi connectivity index (χ3n) is 6.45. The normalized spacial score (nSPS) is 17.7. The van der Waals surface area contributed by atoms with E-state index in [-0.39, 0.29) is 28.8 Å². The molecule has 0 aliphatic carbocycles. The zero-order valence-electron chi connectivity index (χ0n) is 20.9. The summed E-state index contributed by atoms with van der Waals surface area (Å²) in [5, 5.41) is 0. The van der Waals surface area contributed by atoms with E-state index in [2.05, 4.69) is 0 Å². The molecule has 0 saturated carbocycles. The largest absolute Gasteiger partial charge is 0.495 e. The molecule has 1 saturated heterocycles. The highest BCUT2D eigenvalue weighted by molar-refractivity contribution is 7.90. The number of rotatable bonds is 8. The average molecular weight is 510 g/mol. The highest BCUT2D eigenvalue weighted by atomic mass is 32.2. The summed E-state index contributed by atoms with van der Waals surface area (Å²) in [7, 11) is -0.582. The average Bonchev–Trinajstić information content (AvgIpc) is 3.26. The molecule has 3 aromatic rings. The number of carbonyl (C=O) groups excluding carboxylic acids is 1. The van der Waals surface area contributed by atoms with Gasteiger partial charge in [0.25, 0.3) is 5.91 Å². The molecular weight excluding hydrogens is 478 g/mol. The van der Waals surface area contributed by atoms with Gasteiger partial charge in [-0.05, 0) is 54.8 Å². The summed E-state index contributed by atoms with van der Waals surface area (Å²) in [4.78, 5) is 15.2. The second-order valence-electron chi connectivity index (χ2n) is 8.96. The first-order chi connectivity index (χ1) is 17.2. The summed E-state index contributed by atoms with van der Waals surface area (Å²) >= 11 is 0. The molecule has 1 amide bonds. The molecule has 0 unspecified atom stereocenters. The van der Waals surface area contributed by atoms with Crippen molar-refractivity contribution in [3.63, 3.8) is 0 Å². The van der Waals surface area contributed by atoms with Crippen LogP contribution in [0.2, 0.25) is 0 Å². The van der Waals surface area contributed by atoms with Crippen LogP contribution in [0.5, 0.6) is 11.5 Å². The SMILES string of the molecule is COc1ccccc1S(=O)(=O)Cc1cccc(O[C@@H]2CN(C(=O)c3c(C)cccc3C)C[C@H]2OC)c1. The second kappa shape index (κ2) is 10.7. The summed E-state index contributed by atoms with van der Waals surface area (Å²) in [6.07, 6.45) is -0.691. The van der Waals surface area contributed by atoms with E-state index in [9.17, 15) is 13.2 Å². The van der Waals surface area contributed by atoms with Gasteiger partial charge in [0, 0.05) is 12.7 Å². The number of aryl methyl sites for hydroxylation is 2. The van der Waals surface area contributed by atoms with Gasteiger partial charge in [-0.3, -0.25) is 4.79 Å². The Morgan fingerprint density at radius 2 is 1.58 bits per heavy atom. The van der Waals surface area contributed by atoms with Crippen LogP contribution in [0.15, 0.2) is 71.6 Å². The number of hydrogen-bond donors (Lipinski definition) is 0. The van der Waals surface area contributed by atoms with E-state index in [0.717, 1.165) is 11.1 Å². The van der Waals surface area contributed by atoms with Crippen molar-refractivity contribution in [2.75, 3.05) is 27.3 Å². The number of methoxy groups -OCH3 is 2. The first kappa shape index (κ1) is 25.7. The van der Waals surface area contributed by atoms with Crippen LogP contribution in [0.25, 0.3) is 0 Å². The van der Waals surface area contributed by atoms with Crippen LogP contribution in [0.4, 0.5) is 0 Å². The fourth-order valence-electron chi connectivity index (χ4n) is 4.62. The van der Waals surface area contributed by atoms with Crippen molar-refractivity contribution in [2.24, 2.45) is 0 Å². The number of hydrogen-bond acceptors (Lipinski definition) is 6. The molecule has 8 heteroatoms. The Bertz CT molecular complexity index is 1330. The topological polar surface area (TPSA) is 82.1 Å². The van der Waals surface area contributed by atoms with Crippen molar-refractivity contribution in [1.82, 2.24) is 4.90 Å². The van der Waals surface area contributed by atoms with Crippen molar-refractivity contribution >= 4 is 15.7 Å². The predicted octanol–water partition coefficient (Wildman–Crippen LogP) is 4.20. The lowest BCUT2D eigenvalue weighted by Gasteiger charge is -2.20. The van der Waals surface area contributed by atoms with Gasteiger partial charge in [0.2, 0.25) is 0 Å². The lowest BCUT2D eigenvalue weighted by molar-refractivity contribution is 0.0339. The number of amides is 1. The molecule has 3 aromatic carbocycles. The maximum Gasteiger partial charge on any atom is 0.254 e. The smallest absolute Gasteiger partial charge is 0.254 e. The van der Waals surface area contributed by atoms with Crippen LogP contribution in [-0.4, -0.2) is 58.7 Å². The van der Waals surface area contributed by atoms with Crippen molar-refractivity contribution in [3.05, 3.63) is 89.0 Å². The van der Waals surface area contributed by atoms with E-state index in [1.165, 1.54) is 13.2 Å². The van der Waals surface area contributed by atoms with E-state index in [4.69, 9.17) is 14.2 Å². The van der Waals surface area contributed by atoms with Gasteiger partial charge in [-0.25, -0.2) is 8.42 Å². The zero-order chi connectivity index (χ0) is 25.9. The number of nitrogens with zero attached hydrogens (tertiary/aromatic N) is 1. The van der Waals surface area contributed by atoms with Crippen molar-refractivity contribution < 1.29 is 27.4 Å². The monoisotopic (exact) mass is 509 g/mol. The minimum Gasteiger partial charge on any atom is -0.495 e. The predicted molar refractivity (Wildman–Crippen MR) is 137 cm³/mol. The van der Waals surface area contributed by atoms with Crippen LogP contribution < -0.4 is 9.47 Å². The second-order valence-corrected chi connectivity index (χ2v) is 10.9. The number of sulfone groups is 1. The molecule has 2 atom stereocenters. The molecule has 0 N–H and O–H groups in total. The van der Waals surface area contributed by atoms with Crippen LogP contribution in [0, 0.1) is 13.8 Å². The number of ether oxygens (including phenoxy) is 3. The first-order valence-corrected chi connectivity index (χ1v) is 13.4. The summed E-state index contributed by atoms with van der Waals surface area (Å²) in [6.45, 7) is 4.65. The number of likely N-dealkylation sites (tertiary alicyclic amines) is 1. The molecular formula is C28H31NO6S. The lowest BCUT2D eigenvalue weighted by atomic mass is 10.0. The Balaban J connectivity index is 1.50. The van der Waals surface area contributed by atoms with Gasteiger partial charge in [0.05, 0.1) is 26.0 Å². The molecule has 4 rings (SSSR count). The molecule has 190 valence electrons. The van der Waals surface area contributed by atoms with E-state index >= 15 is 0 Å². The van der Waals surface area contributed by atoms with Gasteiger partial charge < -0.3 is 19.1 Å². The lowest BCUT2D eigenvalue weighted by Crippen LogP contribution is -2.32. The fraction of sp³-hybridized carbons (Fsp3) is 0.321. The van der Waals surface area contributed by atoms with Crippen LogP contribution in [0.1, 0.15) is 27.0 Å². The van der Waals surface area contributed by atoms with Gasteiger partial charge in [0.1, 0.15) is 28.6 Å². The van der Waals surface area contributed by atoms with Gasteiger partial charge >= 0.3 is 0 Å². The van der Waals surface area contributed by atoms with Crippen LogP contribution in [0.3, 0.4) is 0 Å². The minimum absolute atomic E-state index is 0.0459. The Morgan fingerprint density at radius 1 is 0.917 bits per heavy atom. The number of para-hydroxylation sites is 1. The van der Waals surface area contributed by atoms with Crippen LogP contribution in [-0.2, 0) is 20.3 Å². The molecule has 0 spiro atoms. The number of benzene rings is 3. The molecule has 1 fully saturated rings. The van der Waals surface area contributed by atoms with Gasteiger partial charge in [0.15, 0.2) is 9.84 Å². The molecule has 1 aliphatic heterocycles. The van der Waals surface area contributed by atoms with E-state index in [1.54, 1.807) is 54.5 Å². The van der Waals surface area contributed by atoms with Crippen molar-refractivity contribution in [3.8, 4) is 11.5 Å². The van der Waals surface area contributed by atoms with Crippen LogP contribution >= 0.6 is 0 Å². The Kier molecular flexibility index (Phi) is 7.66. The Labute approximate surface area is 212 Å². The van der Waals surface area contributed by atoms with E-state index < -0.39 is 9.84 Å². The molecule has 0 radical (unpaired) electrons. The molecule has 7 nitrogen and oxygen atoms in total. The van der Waals surface area contributed by atoms with E-state index in [0.29, 0.717) is 35.7 Å². The first-order valence-electron chi connectivity index (χ1n) is 11.7. The number of carbonyl (C=O) groups is 1. The summed E-state index contributed by atoms with van der Waals surface area (Å²) in [5.41, 5.74) is 3.16. The Hall–Kier alpha value is -3.36. The molecule has 1 aliphatic rings. The highest BCUT2D eigenvalue weighted by Gasteiger charge is 2.38. The van der Waals surface area contributed by atoms with E-state index in [1.807, 2.05) is 32.0 Å². The summed E-state index contributed by atoms with van der Waals surface area (Å²) in [5.74, 6) is 0.596. The fourth-order valence-corrected chi connectivity index (χ4v) is 6.13. The third kappa shape index (κ3) is 5.39. The quantitative estimate of drug-likeness (QED) is 0.453. The van der Waals surface area contributed by atoms with Gasteiger partial charge in [-0.15, -0.1) is 0 Å². The van der Waals surface area contributed by atoms with Gasteiger partial charge in [-0.1, -0.05) is 42.5 Å². The summed E-state index contributed by atoms with van der Waals surface area (Å²) < 4.78 is 43.2. The molecule has 0 aromatic heterocycles. The standard InChI is InChI=1S/C28H31NO6S/c1-19-9-7-10-20(2)27(19)28(30)29-16-24(34-4)25(17-29)35-22-12-8-11-21(15-22)18-36(31,32)26-14-6-5-13-23(26)33-3/h5-15,24-25H,16-18H2,1-4H3/t24-,25-/m1/s1. The third-order valence-corrected chi connectivity index (χ3v) is 8.17. The minimum atomic E-state index is -3.63. The molecule has 0 bridgehead atoms. The molecule has 1 heterocycles. The maximum atomic E-state index is 13.3. The van der Waals surface area contributed by atoms with Crippen molar-refractivity contribution in [1.29, 1.82) is 0 Å². The summed E-state index contributed by atoms with van der Waals surface area (Å²) in [6, 6.07) is 19.4.